The molecule has 1 fully saturated rings. The van der Waals surface area contributed by atoms with Crippen LogP contribution in [0.5, 0.6) is 0 Å². The van der Waals surface area contributed by atoms with E-state index in [1.165, 1.54) is 24.3 Å². The van der Waals surface area contributed by atoms with Gasteiger partial charge in [-0.15, -0.1) is 0 Å². The molecule has 0 bridgehead atoms. The topological polar surface area (TPSA) is 66.5 Å². The molecule has 0 aliphatic heterocycles. The predicted octanol–water partition coefficient (Wildman–Crippen LogP) is 5.00. The summed E-state index contributed by atoms with van der Waals surface area (Å²) in [5, 5.41) is 2.59. The van der Waals surface area contributed by atoms with Gasteiger partial charge in [0.25, 0.3) is 10.0 Å². The van der Waals surface area contributed by atoms with E-state index in [1.54, 1.807) is 6.07 Å². The molecule has 2 aromatic carbocycles. The number of alkyl halides is 3. The zero-order valence-corrected chi connectivity index (χ0v) is 18.1. The molecule has 5 nitrogen and oxygen atoms in total. The lowest BCUT2D eigenvalue weighted by molar-refractivity contribution is -0.137. The number of nitrogens with zero attached hydrogens (tertiary/aromatic N) is 1. The van der Waals surface area contributed by atoms with Crippen LogP contribution in [0.1, 0.15) is 37.7 Å². The third-order valence-corrected chi connectivity index (χ3v) is 7.22. The molecule has 2 aromatic rings. The molecular formula is C21H22ClF3N2O3S. The molecule has 0 unspecified atom stereocenters. The Kier molecular flexibility index (Phi) is 7.16. The monoisotopic (exact) mass is 474 g/mol. The first-order valence-corrected chi connectivity index (χ1v) is 11.6. The fourth-order valence-corrected chi connectivity index (χ4v) is 5.27. The van der Waals surface area contributed by atoms with Crippen molar-refractivity contribution >= 4 is 33.2 Å². The molecule has 1 saturated carbocycles. The van der Waals surface area contributed by atoms with Crippen LogP contribution in [-0.2, 0) is 21.0 Å². The van der Waals surface area contributed by atoms with E-state index in [1.807, 2.05) is 0 Å². The lowest BCUT2D eigenvalue weighted by Gasteiger charge is -2.28. The van der Waals surface area contributed by atoms with Crippen molar-refractivity contribution in [3.8, 4) is 0 Å². The average molecular weight is 475 g/mol. The van der Waals surface area contributed by atoms with Crippen LogP contribution in [0.25, 0.3) is 0 Å². The highest BCUT2D eigenvalue weighted by Gasteiger charge is 2.34. The maximum absolute atomic E-state index is 13.3. The average Bonchev–Trinajstić information content (AvgIpc) is 2.73. The van der Waals surface area contributed by atoms with Crippen LogP contribution in [0.15, 0.2) is 53.4 Å². The van der Waals surface area contributed by atoms with Gasteiger partial charge in [0.2, 0.25) is 5.91 Å². The number of amides is 1. The third kappa shape index (κ3) is 5.71. The van der Waals surface area contributed by atoms with Gasteiger partial charge >= 0.3 is 6.18 Å². The minimum Gasteiger partial charge on any atom is -0.352 e. The molecule has 1 aliphatic carbocycles. The highest BCUT2D eigenvalue weighted by molar-refractivity contribution is 7.92. The van der Waals surface area contributed by atoms with Crippen molar-refractivity contribution in [1.82, 2.24) is 5.32 Å². The van der Waals surface area contributed by atoms with Crippen molar-refractivity contribution in [3.63, 3.8) is 0 Å². The van der Waals surface area contributed by atoms with Crippen LogP contribution in [-0.4, -0.2) is 26.9 Å². The first kappa shape index (κ1) is 23.4. The number of hydrogen-bond acceptors (Lipinski definition) is 3. The minimum absolute atomic E-state index is 0.0838. The summed E-state index contributed by atoms with van der Waals surface area (Å²) in [5.74, 6) is -0.597. The Morgan fingerprint density at radius 2 is 1.71 bits per heavy atom. The molecule has 0 aromatic heterocycles. The zero-order chi connectivity index (χ0) is 22.6. The number of anilines is 1. The van der Waals surface area contributed by atoms with Gasteiger partial charge in [-0.3, -0.25) is 9.10 Å². The molecule has 10 heteroatoms. The number of rotatable bonds is 6. The molecule has 1 N–H and O–H groups in total. The van der Waals surface area contributed by atoms with Gasteiger partial charge in [-0.25, -0.2) is 8.42 Å². The Bertz CT molecular complexity index is 1020. The molecule has 0 saturated heterocycles. The van der Waals surface area contributed by atoms with E-state index in [0.29, 0.717) is 10.4 Å². The number of sulfonamides is 1. The number of carbonyl (C=O) groups is 1. The fraction of sp³-hybridized carbons (Fsp3) is 0.381. The fourth-order valence-electron chi connectivity index (χ4n) is 3.55. The smallest absolute Gasteiger partial charge is 0.352 e. The molecule has 3 rings (SSSR count). The highest BCUT2D eigenvalue weighted by Crippen LogP contribution is 2.37. The lowest BCUT2D eigenvalue weighted by atomic mass is 9.95. The standard InChI is InChI=1S/C21H22ClF3N2O3S/c22-18-12-11-15(21(23,24)25)13-19(18)27(31(29,30)17-9-5-2-6-10-17)14-20(28)26-16-7-3-1-4-8-16/h2,5-6,9-13,16H,1,3-4,7-8,14H2,(H,26,28). The largest absolute Gasteiger partial charge is 0.416 e. The molecule has 0 atom stereocenters. The normalized spacial score (nSPS) is 15.5. The van der Waals surface area contributed by atoms with E-state index in [4.69, 9.17) is 11.6 Å². The summed E-state index contributed by atoms with van der Waals surface area (Å²) in [6.45, 7) is -0.686. The number of halogens is 4. The highest BCUT2D eigenvalue weighted by atomic mass is 35.5. The molecule has 0 radical (unpaired) electrons. The molecule has 0 heterocycles. The lowest BCUT2D eigenvalue weighted by Crippen LogP contribution is -2.45. The van der Waals surface area contributed by atoms with Crippen molar-refractivity contribution in [2.24, 2.45) is 0 Å². The molecule has 1 aliphatic rings. The van der Waals surface area contributed by atoms with Gasteiger partial charge in [-0.1, -0.05) is 49.1 Å². The van der Waals surface area contributed by atoms with Crippen molar-refractivity contribution in [3.05, 3.63) is 59.1 Å². The van der Waals surface area contributed by atoms with E-state index < -0.39 is 39.9 Å². The van der Waals surface area contributed by atoms with E-state index in [-0.39, 0.29) is 16.0 Å². The predicted molar refractivity (Wildman–Crippen MR) is 112 cm³/mol. The van der Waals surface area contributed by atoms with Gasteiger partial charge in [0.1, 0.15) is 6.54 Å². The van der Waals surface area contributed by atoms with Crippen molar-refractivity contribution in [2.45, 2.75) is 49.2 Å². The summed E-state index contributed by atoms with van der Waals surface area (Å²) in [6.07, 6.45) is -0.164. The summed E-state index contributed by atoms with van der Waals surface area (Å²) >= 11 is 6.10. The maximum Gasteiger partial charge on any atom is 0.416 e. The van der Waals surface area contributed by atoms with Crippen molar-refractivity contribution < 1.29 is 26.4 Å². The second-order valence-electron chi connectivity index (χ2n) is 7.39. The Hall–Kier alpha value is -2.26. The van der Waals surface area contributed by atoms with Gasteiger partial charge in [0.05, 0.1) is 21.2 Å². The summed E-state index contributed by atoms with van der Waals surface area (Å²) in [7, 11) is -4.35. The first-order chi connectivity index (χ1) is 14.6. The maximum atomic E-state index is 13.3. The second-order valence-corrected chi connectivity index (χ2v) is 9.66. The second kappa shape index (κ2) is 9.48. The molecular weight excluding hydrogens is 453 g/mol. The summed E-state index contributed by atoms with van der Waals surface area (Å²) in [4.78, 5) is 12.5. The van der Waals surface area contributed by atoms with Gasteiger partial charge in [0.15, 0.2) is 0 Å². The summed E-state index contributed by atoms with van der Waals surface area (Å²) in [5.41, 5.74) is -1.47. The van der Waals surface area contributed by atoms with Gasteiger partial charge in [-0.05, 0) is 43.2 Å². The van der Waals surface area contributed by atoms with E-state index in [0.717, 1.165) is 44.2 Å². The Balaban J connectivity index is 2.00. The van der Waals surface area contributed by atoms with Crippen molar-refractivity contribution in [2.75, 3.05) is 10.8 Å². The van der Waals surface area contributed by atoms with Crippen LogP contribution in [0, 0.1) is 0 Å². The first-order valence-electron chi connectivity index (χ1n) is 9.83. The molecule has 0 spiro atoms. The third-order valence-electron chi connectivity index (χ3n) is 5.13. The van der Waals surface area contributed by atoms with Crippen LogP contribution in [0.3, 0.4) is 0 Å². The molecule has 1 amide bonds. The number of carbonyl (C=O) groups excluding carboxylic acids is 1. The quantitative estimate of drug-likeness (QED) is 0.640. The van der Waals surface area contributed by atoms with Crippen LogP contribution < -0.4 is 9.62 Å². The SMILES string of the molecule is O=C(CN(c1cc(C(F)(F)F)ccc1Cl)S(=O)(=O)c1ccccc1)NC1CCCCC1. The Morgan fingerprint density at radius 1 is 1.06 bits per heavy atom. The summed E-state index contributed by atoms with van der Waals surface area (Å²) < 4.78 is 67.0. The van der Waals surface area contributed by atoms with Crippen LogP contribution in [0.4, 0.5) is 18.9 Å². The minimum atomic E-state index is -4.70. The van der Waals surface area contributed by atoms with Crippen molar-refractivity contribution in [1.29, 1.82) is 0 Å². The number of benzene rings is 2. The van der Waals surface area contributed by atoms with E-state index >= 15 is 0 Å². The number of nitrogens with one attached hydrogen (secondary N) is 1. The van der Waals surface area contributed by atoms with Crippen LogP contribution in [0.2, 0.25) is 5.02 Å². The Labute approximate surface area is 184 Å². The zero-order valence-electron chi connectivity index (χ0n) is 16.5. The van der Waals surface area contributed by atoms with Gasteiger partial charge in [0, 0.05) is 6.04 Å². The van der Waals surface area contributed by atoms with Gasteiger partial charge in [-0.2, -0.15) is 13.2 Å². The van der Waals surface area contributed by atoms with E-state index in [2.05, 4.69) is 5.32 Å². The summed E-state index contributed by atoms with van der Waals surface area (Å²) in [6, 6.07) is 9.51. The Morgan fingerprint density at radius 3 is 2.32 bits per heavy atom. The molecule has 168 valence electrons. The number of hydrogen-bond donors (Lipinski definition) is 1. The van der Waals surface area contributed by atoms with E-state index in [9.17, 15) is 26.4 Å². The molecule has 31 heavy (non-hydrogen) atoms. The van der Waals surface area contributed by atoms with Gasteiger partial charge < -0.3 is 5.32 Å². The van der Waals surface area contributed by atoms with Crippen LogP contribution >= 0.6 is 11.6 Å².